The molecule has 2 rings (SSSR count). The van der Waals surface area contributed by atoms with Gasteiger partial charge in [-0.05, 0) is 49.4 Å². The summed E-state index contributed by atoms with van der Waals surface area (Å²) >= 11 is 0. The van der Waals surface area contributed by atoms with Crippen LogP contribution in [0.1, 0.15) is 12.5 Å². The van der Waals surface area contributed by atoms with E-state index in [4.69, 9.17) is 5.73 Å². The van der Waals surface area contributed by atoms with E-state index in [1.54, 1.807) is 12.1 Å². The third kappa shape index (κ3) is 3.53. The molecule has 0 aliphatic carbocycles. The van der Waals surface area contributed by atoms with Crippen LogP contribution in [-0.4, -0.2) is 15.5 Å². The van der Waals surface area contributed by atoms with Crippen molar-refractivity contribution in [3.8, 4) is 0 Å². The summed E-state index contributed by atoms with van der Waals surface area (Å²) in [7, 11) is -2.20. The lowest BCUT2D eigenvalue weighted by atomic mass is 10.1. The highest BCUT2D eigenvalue weighted by Crippen LogP contribution is 2.27. The smallest absolute Gasteiger partial charge is 0.242 e. The van der Waals surface area contributed by atoms with Crippen molar-refractivity contribution in [2.24, 2.45) is 0 Å². The molecule has 0 aliphatic rings. The van der Waals surface area contributed by atoms with Gasteiger partial charge in [0.25, 0.3) is 0 Å². The molecule has 21 heavy (non-hydrogen) atoms. The summed E-state index contributed by atoms with van der Waals surface area (Å²) in [6.45, 7) is 2.08. The van der Waals surface area contributed by atoms with Crippen molar-refractivity contribution in [2.75, 3.05) is 18.1 Å². The zero-order chi connectivity index (χ0) is 15.5. The van der Waals surface area contributed by atoms with Gasteiger partial charge in [0.15, 0.2) is 0 Å². The van der Waals surface area contributed by atoms with Gasteiger partial charge in [0.05, 0.1) is 5.69 Å². The monoisotopic (exact) mass is 305 g/mol. The Labute approximate surface area is 125 Å². The van der Waals surface area contributed by atoms with E-state index in [-0.39, 0.29) is 4.90 Å². The fourth-order valence-corrected chi connectivity index (χ4v) is 2.87. The predicted octanol–water partition coefficient (Wildman–Crippen LogP) is 2.48. The topological polar surface area (TPSA) is 84.2 Å². The molecule has 6 heteroatoms. The van der Waals surface area contributed by atoms with E-state index in [1.807, 2.05) is 24.3 Å². The van der Waals surface area contributed by atoms with E-state index in [1.165, 1.54) is 18.7 Å². The summed E-state index contributed by atoms with van der Waals surface area (Å²) < 4.78 is 26.4. The number of nitrogens with one attached hydrogen (secondary N) is 2. The van der Waals surface area contributed by atoms with Gasteiger partial charge < -0.3 is 11.1 Å². The Hall–Kier alpha value is -2.05. The molecule has 0 saturated carbocycles. The molecule has 2 aromatic carbocycles. The van der Waals surface area contributed by atoms with Crippen LogP contribution in [-0.2, 0) is 16.4 Å². The highest BCUT2D eigenvalue weighted by molar-refractivity contribution is 7.89. The van der Waals surface area contributed by atoms with E-state index < -0.39 is 10.0 Å². The normalized spacial score (nSPS) is 11.3. The largest absolute Gasteiger partial charge is 0.399 e. The zero-order valence-electron chi connectivity index (χ0n) is 12.1. The number of benzene rings is 2. The Balaban J connectivity index is 2.39. The minimum absolute atomic E-state index is 0.129. The number of hydrogen-bond donors (Lipinski definition) is 3. The van der Waals surface area contributed by atoms with Gasteiger partial charge in [0.2, 0.25) is 10.0 Å². The van der Waals surface area contributed by atoms with Crippen molar-refractivity contribution in [3.05, 3.63) is 48.0 Å². The summed E-state index contributed by atoms with van der Waals surface area (Å²) in [5.41, 5.74) is 8.62. The van der Waals surface area contributed by atoms with Gasteiger partial charge in [-0.15, -0.1) is 0 Å². The highest BCUT2D eigenvalue weighted by atomic mass is 32.2. The third-order valence-corrected chi connectivity index (χ3v) is 4.66. The standard InChI is InChI=1S/C15H19N3O2S/c1-3-11-4-7-13(8-5-11)18-14-9-6-12(16)10-15(14)21(19,20)17-2/h4-10,17-18H,3,16H2,1-2H3. The highest BCUT2D eigenvalue weighted by Gasteiger charge is 2.17. The van der Waals surface area contributed by atoms with Crippen molar-refractivity contribution in [1.29, 1.82) is 0 Å². The summed E-state index contributed by atoms with van der Waals surface area (Å²) in [6.07, 6.45) is 0.960. The Kier molecular flexibility index (Phi) is 4.50. The molecule has 4 N–H and O–H groups in total. The molecule has 0 aromatic heterocycles. The van der Waals surface area contributed by atoms with Crippen molar-refractivity contribution >= 4 is 27.1 Å². The first-order valence-corrected chi connectivity index (χ1v) is 8.13. The first-order valence-electron chi connectivity index (χ1n) is 6.65. The first-order chi connectivity index (χ1) is 9.96. The number of sulfonamides is 1. The van der Waals surface area contributed by atoms with Crippen LogP contribution in [0.5, 0.6) is 0 Å². The SMILES string of the molecule is CCc1ccc(Nc2ccc(N)cc2S(=O)(=O)NC)cc1. The van der Waals surface area contributed by atoms with Crippen LogP contribution < -0.4 is 15.8 Å². The molecule has 0 spiro atoms. The van der Waals surface area contributed by atoms with Crippen LogP contribution in [0.4, 0.5) is 17.1 Å². The fourth-order valence-electron chi connectivity index (χ4n) is 1.95. The van der Waals surface area contributed by atoms with Crippen LogP contribution >= 0.6 is 0 Å². The second kappa shape index (κ2) is 6.15. The molecule has 0 amide bonds. The lowest BCUT2D eigenvalue weighted by Crippen LogP contribution is -2.20. The lowest BCUT2D eigenvalue weighted by Gasteiger charge is -2.13. The summed E-state index contributed by atoms with van der Waals surface area (Å²) in [5, 5.41) is 3.12. The van der Waals surface area contributed by atoms with Gasteiger partial charge in [-0.2, -0.15) is 0 Å². The maximum Gasteiger partial charge on any atom is 0.242 e. The minimum Gasteiger partial charge on any atom is -0.399 e. The molecule has 112 valence electrons. The number of hydrogen-bond acceptors (Lipinski definition) is 4. The van der Waals surface area contributed by atoms with Gasteiger partial charge in [-0.1, -0.05) is 19.1 Å². The molecular weight excluding hydrogens is 286 g/mol. The van der Waals surface area contributed by atoms with E-state index in [9.17, 15) is 8.42 Å². The molecule has 2 aromatic rings. The van der Waals surface area contributed by atoms with Crippen molar-refractivity contribution in [2.45, 2.75) is 18.2 Å². The van der Waals surface area contributed by atoms with Gasteiger partial charge in [0, 0.05) is 11.4 Å². The van der Waals surface area contributed by atoms with Crippen LogP contribution in [0.25, 0.3) is 0 Å². The quantitative estimate of drug-likeness (QED) is 0.741. The molecule has 0 unspecified atom stereocenters. The van der Waals surface area contributed by atoms with E-state index in [2.05, 4.69) is 17.0 Å². The molecule has 0 atom stereocenters. The summed E-state index contributed by atoms with van der Waals surface area (Å²) in [4.78, 5) is 0.129. The van der Waals surface area contributed by atoms with Gasteiger partial charge >= 0.3 is 0 Å². The average molecular weight is 305 g/mol. The molecule has 5 nitrogen and oxygen atoms in total. The van der Waals surface area contributed by atoms with Crippen LogP contribution in [0, 0.1) is 0 Å². The van der Waals surface area contributed by atoms with Gasteiger partial charge in [0.1, 0.15) is 4.90 Å². The fraction of sp³-hybridized carbons (Fsp3) is 0.200. The second-order valence-electron chi connectivity index (χ2n) is 4.64. The molecule has 0 bridgehead atoms. The third-order valence-electron chi connectivity index (χ3n) is 3.21. The van der Waals surface area contributed by atoms with E-state index in [0.29, 0.717) is 11.4 Å². The van der Waals surface area contributed by atoms with Gasteiger partial charge in [-0.25, -0.2) is 13.1 Å². The molecule has 0 aliphatic heterocycles. The predicted molar refractivity (Wildman–Crippen MR) is 86.2 cm³/mol. The van der Waals surface area contributed by atoms with Crippen LogP contribution in [0.15, 0.2) is 47.4 Å². The Morgan fingerprint density at radius 2 is 1.76 bits per heavy atom. The van der Waals surface area contributed by atoms with E-state index >= 15 is 0 Å². The Morgan fingerprint density at radius 1 is 1.10 bits per heavy atom. The molecule has 0 radical (unpaired) electrons. The van der Waals surface area contributed by atoms with Crippen molar-refractivity contribution in [3.63, 3.8) is 0 Å². The first kappa shape index (κ1) is 15.3. The number of nitrogens with two attached hydrogens (primary N) is 1. The molecular formula is C15H19N3O2S. The Morgan fingerprint density at radius 3 is 2.33 bits per heavy atom. The Bertz CT molecular complexity index is 725. The molecule has 0 heterocycles. The molecule has 0 fully saturated rings. The van der Waals surface area contributed by atoms with Crippen molar-refractivity contribution in [1.82, 2.24) is 4.72 Å². The van der Waals surface area contributed by atoms with Crippen LogP contribution in [0.2, 0.25) is 0 Å². The van der Waals surface area contributed by atoms with Crippen molar-refractivity contribution < 1.29 is 8.42 Å². The van der Waals surface area contributed by atoms with Gasteiger partial charge in [-0.3, -0.25) is 0 Å². The zero-order valence-corrected chi connectivity index (χ0v) is 12.9. The number of nitrogen functional groups attached to an aromatic ring is 1. The number of rotatable bonds is 5. The van der Waals surface area contributed by atoms with E-state index in [0.717, 1.165) is 12.1 Å². The maximum atomic E-state index is 12.1. The summed E-state index contributed by atoms with van der Waals surface area (Å²) in [6, 6.07) is 12.6. The maximum absolute atomic E-state index is 12.1. The minimum atomic E-state index is -3.58. The number of aryl methyl sites for hydroxylation is 1. The van der Waals surface area contributed by atoms with Crippen LogP contribution in [0.3, 0.4) is 0 Å². The number of anilines is 3. The lowest BCUT2D eigenvalue weighted by molar-refractivity contribution is 0.588. The molecule has 0 saturated heterocycles. The average Bonchev–Trinajstić information content (AvgIpc) is 2.49. The summed E-state index contributed by atoms with van der Waals surface area (Å²) in [5.74, 6) is 0. The second-order valence-corrected chi connectivity index (χ2v) is 6.49.